The Morgan fingerprint density at radius 2 is 2.25 bits per heavy atom. The zero-order valence-corrected chi connectivity index (χ0v) is 8.70. The van der Waals surface area contributed by atoms with Crippen molar-refractivity contribution in [1.29, 1.82) is 0 Å². The first-order chi connectivity index (χ1) is 5.51. The number of nitrogens with zero attached hydrogens (tertiary/aromatic N) is 1. The van der Waals surface area contributed by atoms with Gasteiger partial charge < -0.3 is 0 Å². The van der Waals surface area contributed by atoms with E-state index in [9.17, 15) is 8.42 Å². The molecule has 0 N–H and O–H groups in total. The lowest BCUT2D eigenvalue weighted by Gasteiger charge is -1.91. The molecule has 0 spiro atoms. The minimum absolute atomic E-state index is 0.0590. The van der Waals surface area contributed by atoms with Gasteiger partial charge in [-0.05, 0) is 6.42 Å². The van der Waals surface area contributed by atoms with Gasteiger partial charge in [0.2, 0.25) is 0 Å². The van der Waals surface area contributed by atoms with Gasteiger partial charge in [0, 0.05) is 11.6 Å². The minimum Gasteiger partial charge on any atom is -0.245 e. The van der Waals surface area contributed by atoms with Crippen molar-refractivity contribution >= 4 is 21.2 Å². The fraction of sp³-hybridized carbons (Fsp3) is 0.571. The highest BCUT2D eigenvalue weighted by atomic mass is 32.2. The molecule has 0 fully saturated rings. The molecular weight excluding hydrogens is 194 g/mol. The Morgan fingerprint density at radius 1 is 1.58 bits per heavy atom. The maximum atomic E-state index is 10.9. The van der Waals surface area contributed by atoms with E-state index < -0.39 is 9.84 Å². The van der Waals surface area contributed by atoms with Crippen LogP contribution < -0.4 is 0 Å². The number of aryl methyl sites for hydroxylation is 1. The van der Waals surface area contributed by atoms with Crippen LogP contribution in [0.25, 0.3) is 0 Å². The summed E-state index contributed by atoms with van der Waals surface area (Å²) in [4.78, 5) is 4.15. The molecule has 1 rings (SSSR count). The predicted octanol–water partition coefficient (Wildman–Crippen LogP) is 1.25. The van der Waals surface area contributed by atoms with Gasteiger partial charge in [0.1, 0.15) is 0 Å². The lowest BCUT2D eigenvalue weighted by atomic mass is 10.5. The van der Waals surface area contributed by atoms with Gasteiger partial charge in [0.15, 0.2) is 9.84 Å². The molecule has 12 heavy (non-hydrogen) atoms. The Hall–Kier alpha value is -0.420. The number of hydrogen-bond acceptors (Lipinski definition) is 4. The van der Waals surface area contributed by atoms with E-state index in [-0.39, 0.29) is 5.75 Å². The predicted molar refractivity (Wildman–Crippen MR) is 50.0 cm³/mol. The molecule has 68 valence electrons. The van der Waals surface area contributed by atoms with Crippen LogP contribution in [0.3, 0.4) is 0 Å². The SMILES string of the molecule is CCc1nc(CS(C)(=O)=O)cs1. The van der Waals surface area contributed by atoms with Crippen molar-refractivity contribution in [1.82, 2.24) is 4.98 Å². The molecule has 0 unspecified atom stereocenters. The van der Waals surface area contributed by atoms with E-state index in [1.807, 2.05) is 6.92 Å². The fourth-order valence-electron chi connectivity index (χ4n) is 0.846. The van der Waals surface area contributed by atoms with E-state index in [0.29, 0.717) is 5.69 Å². The van der Waals surface area contributed by atoms with Crippen molar-refractivity contribution in [2.75, 3.05) is 6.26 Å². The summed E-state index contributed by atoms with van der Waals surface area (Å²) in [5, 5.41) is 2.80. The van der Waals surface area contributed by atoms with Crippen LogP contribution in [-0.4, -0.2) is 19.7 Å². The quantitative estimate of drug-likeness (QED) is 0.746. The molecule has 0 atom stereocenters. The highest BCUT2D eigenvalue weighted by Crippen LogP contribution is 2.12. The standard InChI is InChI=1S/C7H11NO2S2/c1-3-7-8-6(4-11-7)5-12(2,9)10/h4H,3,5H2,1-2H3. The third kappa shape index (κ3) is 2.91. The number of thiazole rings is 1. The molecule has 1 heterocycles. The molecule has 0 aliphatic rings. The normalized spacial score (nSPS) is 11.8. The largest absolute Gasteiger partial charge is 0.245 e. The summed E-state index contributed by atoms with van der Waals surface area (Å²) in [5.41, 5.74) is 0.666. The van der Waals surface area contributed by atoms with Gasteiger partial charge >= 0.3 is 0 Å². The minimum atomic E-state index is -2.93. The van der Waals surface area contributed by atoms with E-state index in [2.05, 4.69) is 4.98 Å². The van der Waals surface area contributed by atoms with Gasteiger partial charge in [-0.2, -0.15) is 0 Å². The van der Waals surface area contributed by atoms with E-state index in [1.54, 1.807) is 5.38 Å². The maximum absolute atomic E-state index is 10.9. The first-order valence-electron chi connectivity index (χ1n) is 3.62. The Balaban J connectivity index is 2.78. The van der Waals surface area contributed by atoms with Gasteiger partial charge in [-0.3, -0.25) is 0 Å². The molecular formula is C7H11NO2S2. The van der Waals surface area contributed by atoms with Crippen LogP contribution >= 0.6 is 11.3 Å². The lowest BCUT2D eigenvalue weighted by molar-refractivity contribution is 0.600. The van der Waals surface area contributed by atoms with E-state index in [1.165, 1.54) is 17.6 Å². The van der Waals surface area contributed by atoms with Crippen molar-refractivity contribution < 1.29 is 8.42 Å². The lowest BCUT2D eigenvalue weighted by Crippen LogP contribution is -2.00. The van der Waals surface area contributed by atoms with Crippen molar-refractivity contribution in [3.8, 4) is 0 Å². The smallest absolute Gasteiger partial charge is 0.153 e. The molecule has 5 heteroatoms. The van der Waals surface area contributed by atoms with Gasteiger partial charge in [0.05, 0.1) is 16.5 Å². The van der Waals surface area contributed by atoms with Crippen LogP contribution in [0, 0.1) is 0 Å². The summed E-state index contributed by atoms with van der Waals surface area (Å²) in [6.45, 7) is 2.00. The second kappa shape index (κ2) is 3.53. The molecule has 0 amide bonds. The van der Waals surface area contributed by atoms with Gasteiger partial charge in [-0.15, -0.1) is 11.3 Å². The summed E-state index contributed by atoms with van der Waals surface area (Å²) in [7, 11) is -2.93. The van der Waals surface area contributed by atoms with Crippen LogP contribution in [-0.2, 0) is 22.0 Å². The Bertz CT molecular complexity index is 353. The second-order valence-electron chi connectivity index (χ2n) is 2.66. The molecule has 0 aliphatic heterocycles. The zero-order valence-electron chi connectivity index (χ0n) is 7.07. The van der Waals surface area contributed by atoms with Crippen LogP contribution in [0.2, 0.25) is 0 Å². The van der Waals surface area contributed by atoms with E-state index in [0.717, 1.165) is 11.4 Å². The second-order valence-corrected chi connectivity index (χ2v) is 5.74. The number of aromatic nitrogens is 1. The van der Waals surface area contributed by atoms with Crippen molar-refractivity contribution in [3.63, 3.8) is 0 Å². The Labute approximate surface area is 76.4 Å². The molecule has 0 radical (unpaired) electrons. The maximum Gasteiger partial charge on any atom is 0.153 e. The topological polar surface area (TPSA) is 47.0 Å². The third-order valence-corrected chi connectivity index (χ3v) is 3.17. The first-order valence-corrected chi connectivity index (χ1v) is 6.56. The van der Waals surface area contributed by atoms with Crippen LogP contribution in [0.15, 0.2) is 5.38 Å². The van der Waals surface area contributed by atoms with Crippen molar-refractivity contribution in [2.24, 2.45) is 0 Å². The zero-order chi connectivity index (χ0) is 9.19. The molecule has 0 bridgehead atoms. The number of sulfone groups is 1. The molecule has 1 aromatic rings. The number of rotatable bonds is 3. The van der Waals surface area contributed by atoms with Gasteiger partial charge in [-0.1, -0.05) is 6.92 Å². The summed E-state index contributed by atoms with van der Waals surface area (Å²) in [5.74, 6) is 0.0590. The third-order valence-electron chi connectivity index (χ3n) is 1.31. The van der Waals surface area contributed by atoms with E-state index in [4.69, 9.17) is 0 Å². The molecule has 0 aliphatic carbocycles. The van der Waals surface area contributed by atoms with Crippen LogP contribution in [0.1, 0.15) is 17.6 Å². The summed E-state index contributed by atoms with van der Waals surface area (Å²) < 4.78 is 21.7. The number of hydrogen-bond donors (Lipinski definition) is 0. The van der Waals surface area contributed by atoms with Crippen LogP contribution in [0.4, 0.5) is 0 Å². The molecule has 0 aromatic carbocycles. The highest BCUT2D eigenvalue weighted by molar-refractivity contribution is 7.89. The summed E-state index contributed by atoms with van der Waals surface area (Å²) in [6, 6.07) is 0. The fourth-order valence-corrected chi connectivity index (χ4v) is 2.38. The van der Waals surface area contributed by atoms with Crippen molar-refractivity contribution in [2.45, 2.75) is 19.1 Å². The Morgan fingerprint density at radius 3 is 2.67 bits per heavy atom. The molecule has 3 nitrogen and oxygen atoms in total. The molecule has 0 saturated carbocycles. The summed E-state index contributed by atoms with van der Waals surface area (Å²) >= 11 is 1.51. The van der Waals surface area contributed by atoms with Gasteiger partial charge in [0.25, 0.3) is 0 Å². The monoisotopic (exact) mass is 205 g/mol. The Kier molecular flexibility index (Phi) is 2.85. The van der Waals surface area contributed by atoms with Crippen molar-refractivity contribution in [3.05, 3.63) is 16.1 Å². The first kappa shape index (κ1) is 9.67. The highest BCUT2D eigenvalue weighted by Gasteiger charge is 2.07. The van der Waals surface area contributed by atoms with Gasteiger partial charge in [-0.25, -0.2) is 13.4 Å². The van der Waals surface area contributed by atoms with E-state index >= 15 is 0 Å². The summed E-state index contributed by atoms with van der Waals surface area (Å²) in [6.07, 6.45) is 2.09. The molecule has 1 aromatic heterocycles. The average molecular weight is 205 g/mol. The average Bonchev–Trinajstić information content (AvgIpc) is 2.32. The van der Waals surface area contributed by atoms with Crippen LogP contribution in [0.5, 0.6) is 0 Å². The molecule has 0 saturated heterocycles.